The van der Waals surface area contributed by atoms with Crippen LogP contribution in [-0.4, -0.2) is 34.6 Å². The summed E-state index contributed by atoms with van der Waals surface area (Å²) in [6.45, 7) is 2.52. The van der Waals surface area contributed by atoms with Crippen molar-refractivity contribution in [1.82, 2.24) is 14.9 Å². The summed E-state index contributed by atoms with van der Waals surface area (Å²) >= 11 is 0. The molecule has 0 saturated carbocycles. The first kappa shape index (κ1) is 14.9. The van der Waals surface area contributed by atoms with Crippen molar-refractivity contribution in [3.05, 3.63) is 54.4 Å². The molecule has 5 heteroatoms. The van der Waals surface area contributed by atoms with Crippen molar-refractivity contribution in [1.29, 1.82) is 0 Å². The minimum atomic E-state index is -0.305. The van der Waals surface area contributed by atoms with E-state index in [1.54, 1.807) is 30.6 Å². The summed E-state index contributed by atoms with van der Waals surface area (Å²) in [7, 11) is 0. The van der Waals surface area contributed by atoms with Crippen LogP contribution in [0.2, 0.25) is 0 Å². The van der Waals surface area contributed by atoms with Crippen LogP contribution < -0.4 is 4.74 Å². The first-order chi connectivity index (χ1) is 10.8. The SMILES string of the molecule is Fc1ccccc1OCCCN1CCC[C@H]1c1cnccn1. The molecule has 1 fully saturated rings. The minimum Gasteiger partial charge on any atom is -0.490 e. The van der Waals surface area contributed by atoms with E-state index in [1.165, 1.54) is 12.5 Å². The second-order valence-electron chi connectivity index (χ2n) is 5.46. The maximum Gasteiger partial charge on any atom is 0.165 e. The number of likely N-dealkylation sites (tertiary alicyclic amines) is 1. The Kier molecular flexibility index (Phi) is 4.96. The van der Waals surface area contributed by atoms with Gasteiger partial charge in [-0.3, -0.25) is 14.9 Å². The van der Waals surface area contributed by atoms with E-state index in [2.05, 4.69) is 14.9 Å². The van der Waals surface area contributed by atoms with Gasteiger partial charge in [-0.2, -0.15) is 0 Å². The Bertz CT molecular complexity index is 593. The Labute approximate surface area is 130 Å². The molecule has 22 heavy (non-hydrogen) atoms. The number of hydrogen-bond donors (Lipinski definition) is 0. The maximum atomic E-state index is 13.5. The number of aromatic nitrogens is 2. The molecule has 1 aliphatic heterocycles. The van der Waals surface area contributed by atoms with Crippen LogP contribution in [0.1, 0.15) is 31.0 Å². The topological polar surface area (TPSA) is 38.2 Å². The number of nitrogens with zero attached hydrogens (tertiary/aromatic N) is 3. The molecule has 0 amide bonds. The fourth-order valence-electron chi connectivity index (χ4n) is 2.92. The molecule has 1 aromatic carbocycles. The third-order valence-corrected chi connectivity index (χ3v) is 3.97. The lowest BCUT2D eigenvalue weighted by Crippen LogP contribution is -2.26. The molecule has 2 aromatic rings. The van der Waals surface area contributed by atoms with Crippen LogP contribution in [0.15, 0.2) is 42.9 Å². The van der Waals surface area contributed by atoms with Crippen molar-refractivity contribution in [2.24, 2.45) is 0 Å². The second kappa shape index (κ2) is 7.31. The van der Waals surface area contributed by atoms with E-state index in [0.29, 0.717) is 18.4 Å². The summed E-state index contributed by atoms with van der Waals surface area (Å²) < 4.78 is 19.0. The lowest BCUT2D eigenvalue weighted by molar-refractivity contribution is 0.217. The molecule has 1 aromatic heterocycles. The van der Waals surface area contributed by atoms with Gasteiger partial charge < -0.3 is 4.74 Å². The standard InChI is InChI=1S/C17H20FN3O/c18-14-5-1-2-7-17(14)22-12-4-11-21-10-3-6-16(21)15-13-19-8-9-20-15/h1-2,5,7-9,13,16H,3-4,6,10-12H2/t16-/m0/s1. The van der Waals surface area contributed by atoms with Crippen molar-refractivity contribution in [3.63, 3.8) is 0 Å². The number of rotatable bonds is 6. The van der Waals surface area contributed by atoms with Crippen LogP contribution in [0, 0.1) is 5.82 Å². The van der Waals surface area contributed by atoms with E-state index in [9.17, 15) is 4.39 Å². The predicted octanol–water partition coefficient (Wildman–Crippen LogP) is 3.22. The van der Waals surface area contributed by atoms with E-state index in [-0.39, 0.29) is 5.82 Å². The minimum absolute atomic E-state index is 0.305. The number of ether oxygens (including phenoxy) is 1. The maximum absolute atomic E-state index is 13.5. The molecule has 1 aliphatic rings. The Morgan fingerprint density at radius 3 is 3.00 bits per heavy atom. The monoisotopic (exact) mass is 301 g/mol. The molecular weight excluding hydrogens is 281 g/mol. The van der Waals surface area contributed by atoms with E-state index >= 15 is 0 Å². The fourth-order valence-corrected chi connectivity index (χ4v) is 2.92. The first-order valence-electron chi connectivity index (χ1n) is 7.72. The number of para-hydroxylation sites is 1. The van der Waals surface area contributed by atoms with Gasteiger partial charge in [0.15, 0.2) is 11.6 Å². The van der Waals surface area contributed by atoms with E-state index < -0.39 is 0 Å². The van der Waals surface area contributed by atoms with Crippen molar-refractivity contribution in [3.8, 4) is 5.75 Å². The van der Waals surface area contributed by atoms with Crippen molar-refractivity contribution in [2.45, 2.75) is 25.3 Å². The van der Waals surface area contributed by atoms with Crippen LogP contribution in [0.5, 0.6) is 5.75 Å². The highest BCUT2D eigenvalue weighted by Gasteiger charge is 2.26. The highest BCUT2D eigenvalue weighted by Crippen LogP contribution is 2.30. The Morgan fingerprint density at radius 2 is 2.18 bits per heavy atom. The van der Waals surface area contributed by atoms with E-state index in [4.69, 9.17) is 4.74 Å². The van der Waals surface area contributed by atoms with Gasteiger partial charge >= 0.3 is 0 Å². The van der Waals surface area contributed by atoms with Gasteiger partial charge in [0.2, 0.25) is 0 Å². The Hall–Kier alpha value is -2.01. The molecule has 0 radical (unpaired) electrons. The normalized spacial score (nSPS) is 18.5. The predicted molar refractivity (Wildman–Crippen MR) is 82.1 cm³/mol. The van der Waals surface area contributed by atoms with Gasteiger partial charge in [0, 0.05) is 25.1 Å². The summed E-state index contributed by atoms with van der Waals surface area (Å²) in [5.41, 5.74) is 1.04. The molecule has 0 bridgehead atoms. The van der Waals surface area contributed by atoms with Gasteiger partial charge in [-0.15, -0.1) is 0 Å². The molecule has 4 nitrogen and oxygen atoms in total. The third kappa shape index (κ3) is 3.60. The smallest absolute Gasteiger partial charge is 0.165 e. The first-order valence-corrected chi connectivity index (χ1v) is 7.72. The molecule has 0 aliphatic carbocycles. The molecule has 0 spiro atoms. The highest BCUT2D eigenvalue weighted by molar-refractivity contribution is 5.23. The summed E-state index contributed by atoms with van der Waals surface area (Å²) in [5.74, 6) is 0.0236. The number of hydrogen-bond acceptors (Lipinski definition) is 4. The van der Waals surface area contributed by atoms with E-state index in [1.807, 2.05) is 6.20 Å². The van der Waals surface area contributed by atoms with Crippen LogP contribution in [-0.2, 0) is 0 Å². The van der Waals surface area contributed by atoms with Gasteiger partial charge in [0.1, 0.15) is 0 Å². The third-order valence-electron chi connectivity index (χ3n) is 3.97. The van der Waals surface area contributed by atoms with Crippen molar-refractivity contribution in [2.75, 3.05) is 19.7 Å². The fraction of sp³-hybridized carbons (Fsp3) is 0.412. The molecule has 0 unspecified atom stereocenters. The average molecular weight is 301 g/mol. The van der Waals surface area contributed by atoms with Crippen LogP contribution >= 0.6 is 0 Å². The van der Waals surface area contributed by atoms with Crippen molar-refractivity contribution >= 4 is 0 Å². The molecule has 2 heterocycles. The van der Waals surface area contributed by atoms with Crippen molar-refractivity contribution < 1.29 is 9.13 Å². The number of benzene rings is 1. The molecule has 0 N–H and O–H groups in total. The average Bonchev–Trinajstić information content (AvgIpc) is 3.02. The van der Waals surface area contributed by atoms with Crippen LogP contribution in [0.3, 0.4) is 0 Å². The second-order valence-corrected chi connectivity index (χ2v) is 5.46. The molecule has 3 rings (SSSR count). The summed E-state index contributed by atoms with van der Waals surface area (Å²) in [5, 5.41) is 0. The zero-order valence-electron chi connectivity index (χ0n) is 12.5. The zero-order valence-corrected chi connectivity index (χ0v) is 12.5. The van der Waals surface area contributed by atoms with E-state index in [0.717, 1.165) is 31.6 Å². The molecule has 1 saturated heterocycles. The summed E-state index contributed by atoms with van der Waals surface area (Å²) in [4.78, 5) is 11.0. The van der Waals surface area contributed by atoms with Gasteiger partial charge in [-0.1, -0.05) is 12.1 Å². The zero-order chi connectivity index (χ0) is 15.2. The lowest BCUT2D eigenvalue weighted by Gasteiger charge is -2.23. The Morgan fingerprint density at radius 1 is 1.27 bits per heavy atom. The quantitative estimate of drug-likeness (QED) is 0.768. The molecular formula is C17H20FN3O. The number of halogens is 1. The van der Waals surface area contributed by atoms with Gasteiger partial charge in [0.05, 0.1) is 18.3 Å². The highest BCUT2D eigenvalue weighted by atomic mass is 19.1. The van der Waals surface area contributed by atoms with Crippen LogP contribution in [0.25, 0.3) is 0 Å². The summed E-state index contributed by atoms with van der Waals surface area (Å²) in [6.07, 6.45) is 8.45. The van der Waals surface area contributed by atoms with Gasteiger partial charge in [0.25, 0.3) is 0 Å². The molecule has 116 valence electrons. The lowest BCUT2D eigenvalue weighted by atomic mass is 10.1. The Balaban J connectivity index is 1.48. The van der Waals surface area contributed by atoms with Gasteiger partial charge in [-0.25, -0.2) is 4.39 Å². The summed E-state index contributed by atoms with van der Waals surface area (Å²) in [6, 6.07) is 6.87. The van der Waals surface area contributed by atoms with Crippen LogP contribution in [0.4, 0.5) is 4.39 Å². The van der Waals surface area contributed by atoms with Gasteiger partial charge in [-0.05, 0) is 37.9 Å². The largest absolute Gasteiger partial charge is 0.490 e. The molecule has 1 atom stereocenters.